The minimum Gasteiger partial charge on any atom is -0.207 e. The van der Waals surface area contributed by atoms with Crippen molar-refractivity contribution in [3.63, 3.8) is 0 Å². The molecule has 0 bridgehead atoms. The van der Waals surface area contributed by atoms with Gasteiger partial charge in [0, 0.05) is 6.54 Å². The van der Waals surface area contributed by atoms with Crippen LogP contribution in [-0.4, -0.2) is 25.3 Å². The number of hydrogen-bond acceptors (Lipinski definition) is 2. The quantitative estimate of drug-likeness (QED) is 0.576. The largest absolute Gasteiger partial charge is 0.243 e. The summed E-state index contributed by atoms with van der Waals surface area (Å²) in [6.45, 7) is 6.07. The van der Waals surface area contributed by atoms with Crippen molar-refractivity contribution in [3.05, 3.63) is 42.5 Å². The summed E-state index contributed by atoms with van der Waals surface area (Å²) in [7, 11) is -3.28. The molecule has 1 aliphatic rings. The Balaban J connectivity index is 2.31. The summed E-state index contributed by atoms with van der Waals surface area (Å²) in [6, 6.07) is 6.88. The highest BCUT2D eigenvalue weighted by Crippen LogP contribution is 2.28. The Bertz CT molecular complexity index is 476. The van der Waals surface area contributed by atoms with E-state index in [1.165, 1.54) is 4.31 Å². The Morgan fingerprint density at radius 3 is 2.47 bits per heavy atom. The van der Waals surface area contributed by atoms with E-state index in [9.17, 15) is 8.42 Å². The van der Waals surface area contributed by atoms with Crippen molar-refractivity contribution < 1.29 is 8.42 Å². The topological polar surface area (TPSA) is 37.1 Å². The Morgan fingerprint density at radius 1 is 1.40 bits per heavy atom. The molecule has 0 radical (unpaired) electrons. The highest BCUT2D eigenvalue weighted by atomic mass is 32.2. The molecule has 0 aliphatic carbocycles. The maximum absolute atomic E-state index is 12.0. The van der Waals surface area contributed by atoms with E-state index in [2.05, 4.69) is 6.58 Å². The van der Waals surface area contributed by atoms with Crippen LogP contribution < -0.4 is 0 Å². The van der Waals surface area contributed by atoms with Gasteiger partial charge in [-0.05, 0) is 19.1 Å². The first-order valence-corrected chi connectivity index (χ1v) is 6.21. The van der Waals surface area contributed by atoms with Crippen molar-refractivity contribution in [2.45, 2.75) is 17.9 Å². The summed E-state index contributed by atoms with van der Waals surface area (Å²) in [5, 5.41) is 0. The molecule has 80 valence electrons. The first kappa shape index (κ1) is 10.4. The summed E-state index contributed by atoms with van der Waals surface area (Å²) in [5.74, 6) is 0. The second kappa shape index (κ2) is 3.47. The average Bonchev–Trinajstić information content (AvgIpc) is 2.98. The SMILES string of the molecule is C=C[C@@H]1CN1S(=O)(=O)c1ccc(C)cc1. The maximum Gasteiger partial charge on any atom is 0.243 e. The van der Waals surface area contributed by atoms with Crippen molar-refractivity contribution in [2.24, 2.45) is 0 Å². The van der Waals surface area contributed by atoms with Crippen LogP contribution >= 0.6 is 0 Å². The molecule has 0 spiro atoms. The van der Waals surface area contributed by atoms with Gasteiger partial charge in [0.25, 0.3) is 0 Å². The van der Waals surface area contributed by atoms with E-state index in [1.807, 2.05) is 6.92 Å². The molecule has 0 saturated carbocycles. The second-order valence-corrected chi connectivity index (χ2v) is 5.58. The van der Waals surface area contributed by atoms with Gasteiger partial charge in [-0.2, -0.15) is 4.31 Å². The van der Waals surface area contributed by atoms with Crippen LogP contribution in [-0.2, 0) is 10.0 Å². The van der Waals surface area contributed by atoms with Crippen LogP contribution in [0, 0.1) is 6.92 Å². The second-order valence-electron chi connectivity index (χ2n) is 3.69. The van der Waals surface area contributed by atoms with Crippen LogP contribution in [0.3, 0.4) is 0 Å². The monoisotopic (exact) mass is 223 g/mol. The van der Waals surface area contributed by atoms with Gasteiger partial charge in [-0.25, -0.2) is 8.42 Å². The van der Waals surface area contributed by atoms with E-state index >= 15 is 0 Å². The highest BCUT2D eigenvalue weighted by Gasteiger charge is 2.42. The Hall–Kier alpha value is -1.13. The average molecular weight is 223 g/mol. The van der Waals surface area contributed by atoms with Gasteiger partial charge >= 0.3 is 0 Å². The summed E-state index contributed by atoms with van der Waals surface area (Å²) < 4.78 is 25.3. The Morgan fingerprint density at radius 2 is 2.00 bits per heavy atom. The number of benzene rings is 1. The minimum atomic E-state index is -3.28. The van der Waals surface area contributed by atoms with E-state index in [4.69, 9.17) is 0 Å². The molecule has 2 rings (SSSR count). The molecule has 15 heavy (non-hydrogen) atoms. The Kier molecular flexibility index (Phi) is 2.40. The molecule has 0 amide bonds. The molecule has 4 heteroatoms. The molecule has 1 aromatic carbocycles. The number of hydrogen-bond donors (Lipinski definition) is 0. The van der Waals surface area contributed by atoms with Gasteiger partial charge in [-0.15, -0.1) is 6.58 Å². The third-order valence-corrected chi connectivity index (χ3v) is 4.41. The zero-order valence-electron chi connectivity index (χ0n) is 8.55. The van der Waals surface area contributed by atoms with E-state index in [1.54, 1.807) is 30.3 Å². The highest BCUT2D eigenvalue weighted by molar-refractivity contribution is 7.89. The lowest BCUT2D eigenvalue weighted by molar-refractivity contribution is 0.558. The zero-order chi connectivity index (χ0) is 11.1. The van der Waals surface area contributed by atoms with Gasteiger partial charge in [0.05, 0.1) is 10.9 Å². The van der Waals surface area contributed by atoms with Crippen LogP contribution in [0.15, 0.2) is 41.8 Å². The molecule has 1 fully saturated rings. The van der Waals surface area contributed by atoms with Crippen molar-refractivity contribution in [1.82, 2.24) is 4.31 Å². The van der Waals surface area contributed by atoms with Crippen molar-refractivity contribution in [1.29, 1.82) is 0 Å². The predicted molar refractivity (Wildman–Crippen MR) is 59.1 cm³/mol. The fraction of sp³-hybridized carbons (Fsp3) is 0.273. The number of nitrogens with zero attached hydrogens (tertiary/aromatic N) is 1. The zero-order valence-corrected chi connectivity index (χ0v) is 9.37. The van der Waals surface area contributed by atoms with Gasteiger partial charge in [0.15, 0.2) is 0 Å². The van der Waals surface area contributed by atoms with E-state index in [0.29, 0.717) is 11.4 Å². The fourth-order valence-electron chi connectivity index (χ4n) is 1.45. The first-order chi connectivity index (χ1) is 7.05. The lowest BCUT2D eigenvalue weighted by atomic mass is 10.2. The molecule has 1 heterocycles. The molecule has 1 saturated heterocycles. The molecule has 1 aliphatic heterocycles. The van der Waals surface area contributed by atoms with Crippen LogP contribution in [0.5, 0.6) is 0 Å². The lowest BCUT2D eigenvalue weighted by Crippen LogP contribution is -2.13. The van der Waals surface area contributed by atoms with Gasteiger partial charge < -0.3 is 0 Å². The molecule has 1 unspecified atom stereocenters. The van der Waals surface area contributed by atoms with Crippen LogP contribution in [0.1, 0.15) is 5.56 Å². The van der Waals surface area contributed by atoms with E-state index in [0.717, 1.165) is 5.56 Å². The van der Waals surface area contributed by atoms with E-state index in [-0.39, 0.29) is 6.04 Å². The summed E-state index contributed by atoms with van der Waals surface area (Å²) in [5.41, 5.74) is 1.06. The van der Waals surface area contributed by atoms with Gasteiger partial charge in [-0.1, -0.05) is 23.8 Å². The smallest absolute Gasteiger partial charge is 0.207 e. The normalized spacial score (nSPS) is 24.9. The summed E-state index contributed by atoms with van der Waals surface area (Å²) in [4.78, 5) is 0.359. The molecule has 0 aromatic heterocycles. The van der Waals surface area contributed by atoms with Gasteiger partial charge in [-0.3, -0.25) is 0 Å². The number of aryl methyl sites for hydroxylation is 1. The first-order valence-electron chi connectivity index (χ1n) is 4.77. The summed E-state index contributed by atoms with van der Waals surface area (Å²) in [6.07, 6.45) is 1.66. The van der Waals surface area contributed by atoms with Crippen molar-refractivity contribution in [2.75, 3.05) is 6.54 Å². The molecular weight excluding hydrogens is 210 g/mol. The van der Waals surface area contributed by atoms with Crippen LogP contribution in [0.4, 0.5) is 0 Å². The molecular formula is C11H13NO2S. The number of sulfonamides is 1. The lowest BCUT2D eigenvalue weighted by Gasteiger charge is -2.04. The third kappa shape index (κ3) is 1.82. The Labute approximate surface area is 90.1 Å². The van der Waals surface area contributed by atoms with Gasteiger partial charge in [0.1, 0.15) is 0 Å². The fourth-order valence-corrected chi connectivity index (χ4v) is 2.99. The molecule has 1 aromatic rings. The minimum absolute atomic E-state index is 0.0173. The summed E-state index contributed by atoms with van der Waals surface area (Å²) >= 11 is 0. The van der Waals surface area contributed by atoms with E-state index < -0.39 is 10.0 Å². The van der Waals surface area contributed by atoms with Crippen molar-refractivity contribution in [3.8, 4) is 0 Å². The van der Waals surface area contributed by atoms with Crippen LogP contribution in [0.25, 0.3) is 0 Å². The predicted octanol–water partition coefficient (Wildman–Crippen LogP) is 1.55. The third-order valence-electron chi connectivity index (χ3n) is 2.50. The standard InChI is InChI=1S/C11H13NO2S/c1-3-10-8-12(10)15(13,14)11-6-4-9(2)5-7-11/h3-7,10H,1,8H2,2H3/t10-,12?/m1/s1. The van der Waals surface area contributed by atoms with Crippen LogP contribution in [0.2, 0.25) is 0 Å². The molecule has 3 nitrogen and oxygen atoms in total. The number of rotatable bonds is 3. The maximum atomic E-state index is 12.0. The molecule has 0 N–H and O–H groups in total. The molecule has 2 atom stereocenters. The van der Waals surface area contributed by atoms with Gasteiger partial charge in [0.2, 0.25) is 10.0 Å². The van der Waals surface area contributed by atoms with Crippen molar-refractivity contribution >= 4 is 10.0 Å².